The lowest BCUT2D eigenvalue weighted by atomic mass is 9.99. The third-order valence-corrected chi connectivity index (χ3v) is 2.62. The maximum atomic E-state index is 11.4. The van der Waals surface area contributed by atoms with Crippen molar-refractivity contribution in [1.29, 1.82) is 0 Å². The number of rotatable bonds is 1. The topological polar surface area (TPSA) is 40.5 Å². The molecule has 1 aromatic rings. The van der Waals surface area contributed by atoms with Gasteiger partial charge in [-0.3, -0.25) is 4.79 Å². The summed E-state index contributed by atoms with van der Waals surface area (Å²) < 4.78 is 0. The third kappa shape index (κ3) is 1.45. The molecule has 0 unspecified atom stereocenters. The molecule has 0 atom stereocenters. The molecule has 1 amide bonds. The summed E-state index contributed by atoms with van der Waals surface area (Å²) in [6, 6.07) is 0. The molecule has 0 radical (unpaired) electrons. The van der Waals surface area contributed by atoms with Gasteiger partial charge in [0.15, 0.2) is 0 Å². The van der Waals surface area contributed by atoms with E-state index in [-0.39, 0.29) is 11.7 Å². The minimum Gasteiger partial charge on any atom is -0.507 e. The van der Waals surface area contributed by atoms with E-state index in [2.05, 4.69) is 0 Å². The second-order valence-corrected chi connectivity index (χ2v) is 3.68. The maximum absolute atomic E-state index is 11.4. The van der Waals surface area contributed by atoms with Crippen molar-refractivity contribution in [3.05, 3.63) is 10.3 Å². The van der Waals surface area contributed by atoms with E-state index in [0.717, 1.165) is 5.46 Å². The molecule has 1 rings (SSSR count). The van der Waals surface area contributed by atoms with E-state index in [1.54, 1.807) is 27.3 Å². The second kappa shape index (κ2) is 3.19. The zero-order chi connectivity index (χ0) is 9.30. The highest BCUT2D eigenvalue weighted by molar-refractivity contribution is 7.13. The Labute approximate surface area is 76.0 Å². The van der Waals surface area contributed by atoms with Crippen molar-refractivity contribution < 1.29 is 9.90 Å². The molecule has 0 saturated carbocycles. The van der Waals surface area contributed by atoms with Crippen molar-refractivity contribution in [1.82, 2.24) is 4.90 Å². The SMILES string of the molecule is Bc1csc(C(=O)N(C)C)c1O. The Bertz CT molecular complexity index is 308. The summed E-state index contributed by atoms with van der Waals surface area (Å²) >= 11 is 1.27. The molecule has 1 N–H and O–H groups in total. The summed E-state index contributed by atoms with van der Waals surface area (Å²) in [6.45, 7) is 0. The number of thiophene rings is 1. The highest BCUT2D eigenvalue weighted by atomic mass is 32.1. The fourth-order valence-corrected chi connectivity index (χ4v) is 1.76. The smallest absolute Gasteiger partial charge is 0.267 e. The van der Waals surface area contributed by atoms with Gasteiger partial charge in [0.05, 0.1) is 0 Å². The van der Waals surface area contributed by atoms with Gasteiger partial charge in [-0.25, -0.2) is 0 Å². The first-order chi connectivity index (χ1) is 5.54. The van der Waals surface area contributed by atoms with Crippen LogP contribution in [0.15, 0.2) is 5.38 Å². The first-order valence-electron chi connectivity index (χ1n) is 3.52. The van der Waals surface area contributed by atoms with Gasteiger partial charge >= 0.3 is 0 Å². The molecule has 5 heteroatoms. The van der Waals surface area contributed by atoms with Crippen LogP contribution in [-0.4, -0.2) is 37.9 Å². The Morgan fingerprint density at radius 2 is 2.25 bits per heavy atom. The normalized spacial score (nSPS) is 9.83. The van der Waals surface area contributed by atoms with E-state index in [1.165, 1.54) is 16.2 Å². The molecular formula is C7H10BNO2S. The molecule has 0 spiro atoms. The second-order valence-electron chi connectivity index (χ2n) is 2.80. The summed E-state index contributed by atoms with van der Waals surface area (Å²) in [7, 11) is 5.10. The van der Waals surface area contributed by atoms with Crippen LogP contribution in [0.2, 0.25) is 0 Å². The number of aromatic hydroxyl groups is 1. The molecule has 12 heavy (non-hydrogen) atoms. The molecule has 1 aromatic heterocycles. The fourth-order valence-electron chi connectivity index (χ4n) is 0.793. The lowest BCUT2D eigenvalue weighted by molar-refractivity contribution is 0.0830. The van der Waals surface area contributed by atoms with Crippen molar-refractivity contribution in [2.24, 2.45) is 0 Å². The van der Waals surface area contributed by atoms with Crippen LogP contribution in [0.25, 0.3) is 0 Å². The van der Waals surface area contributed by atoms with Gasteiger partial charge in [0.1, 0.15) is 18.5 Å². The van der Waals surface area contributed by atoms with Gasteiger partial charge < -0.3 is 10.0 Å². The van der Waals surface area contributed by atoms with Gasteiger partial charge in [0, 0.05) is 14.1 Å². The summed E-state index contributed by atoms with van der Waals surface area (Å²) in [6.07, 6.45) is 0. The van der Waals surface area contributed by atoms with Gasteiger partial charge in [0.2, 0.25) is 0 Å². The van der Waals surface area contributed by atoms with Gasteiger partial charge in [-0.05, 0) is 10.8 Å². The lowest BCUT2D eigenvalue weighted by Gasteiger charge is -2.08. The van der Waals surface area contributed by atoms with Crippen LogP contribution in [0, 0.1) is 0 Å². The minimum atomic E-state index is -0.148. The average molecular weight is 183 g/mol. The first kappa shape index (κ1) is 9.13. The summed E-state index contributed by atoms with van der Waals surface area (Å²) in [5, 5.41) is 11.2. The Hall–Kier alpha value is -0.965. The van der Waals surface area contributed by atoms with Crippen LogP contribution in [0.3, 0.4) is 0 Å². The van der Waals surface area contributed by atoms with Crippen LogP contribution in [0.1, 0.15) is 9.67 Å². The first-order valence-corrected chi connectivity index (χ1v) is 4.40. The quantitative estimate of drug-likeness (QED) is 0.591. The molecule has 0 saturated heterocycles. The molecule has 64 valence electrons. The number of amides is 1. The number of nitrogens with zero attached hydrogens (tertiary/aromatic N) is 1. The zero-order valence-electron chi connectivity index (χ0n) is 7.29. The molecule has 1 heterocycles. The summed E-state index contributed by atoms with van der Waals surface area (Å²) in [5.41, 5.74) is 0.755. The van der Waals surface area contributed by atoms with E-state index < -0.39 is 0 Å². The predicted molar refractivity (Wildman–Crippen MR) is 52.2 cm³/mol. The minimum absolute atomic E-state index is 0.110. The van der Waals surface area contributed by atoms with Gasteiger partial charge in [-0.2, -0.15) is 0 Å². The number of carbonyl (C=O) groups is 1. The van der Waals surface area contributed by atoms with E-state index in [1.807, 2.05) is 0 Å². The molecule has 0 fully saturated rings. The lowest BCUT2D eigenvalue weighted by Crippen LogP contribution is -2.21. The van der Waals surface area contributed by atoms with Crippen molar-refractivity contribution in [2.45, 2.75) is 0 Å². The molecule has 0 aliphatic rings. The van der Waals surface area contributed by atoms with Crippen molar-refractivity contribution >= 4 is 30.6 Å². The average Bonchev–Trinajstić information content (AvgIpc) is 2.32. The largest absolute Gasteiger partial charge is 0.507 e. The van der Waals surface area contributed by atoms with Crippen molar-refractivity contribution in [3.63, 3.8) is 0 Å². The Kier molecular flexibility index (Phi) is 2.42. The molecular weight excluding hydrogens is 173 g/mol. The van der Waals surface area contributed by atoms with E-state index >= 15 is 0 Å². The van der Waals surface area contributed by atoms with Crippen molar-refractivity contribution in [2.75, 3.05) is 14.1 Å². The summed E-state index contributed by atoms with van der Waals surface area (Å²) in [5.74, 6) is -0.0377. The maximum Gasteiger partial charge on any atom is 0.267 e. The molecule has 0 aromatic carbocycles. The number of carbonyl (C=O) groups excluding carboxylic acids is 1. The third-order valence-electron chi connectivity index (χ3n) is 1.54. The Morgan fingerprint density at radius 3 is 2.58 bits per heavy atom. The molecule has 3 nitrogen and oxygen atoms in total. The van der Waals surface area contributed by atoms with Gasteiger partial charge in [-0.15, -0.1) is 11.3 Å². The van der Waals surface area contributed by atoms with E-state index in [9.17, 15) is 9.90 Å². The van der Waals surface area contributed by atoms with E-state index in [0.29, 0.717) is 4.88 Å². The van der Waals surface area contributed by atoms with Gasteiger partial charge in [-0.1, -0.05) is 0 Å². The monoisotopic (exact) mass is 183 g/mol. The van der Waals surface area contributed by atoms with Gasteiger partial charge in [0.25, 0.3) is 5.91 Å². The Morgan fingerprint density at radius 1 is 1.67 bits per heavy atom. The van der Waals surface area contributed by atoms with Crippen LogP contribution in [0.5, 0.6) is 5.75 Å². The highest BCUT2D eigenvalue weighted by Crippen LogP contribution is 2.21. The number of hydrogen-bond acceptors (Lipinski definition) is 3. The number of hydrogen-bond donors (Lipinski definition) is 1. The van der Waals surface area contributed by atoms with Crippen LogP contribution in [-0.2, 0) is 0 Å². The standard InChI is InChI=1S/C7H10BNO2S/c1-9(2)7(11)6-5(10)4(8)3-12-6/h3,10H,8H2,1-2H3. The van der Waals surface area contributed by atoms with Crippen LogP contribution < -0.4 is 5.46 Å². The van der Waals surface area contributed by atoms with Crippen molar-refractivity contribution in [3.8, 4) is 5.75 Å². The Balaban J connectivity index is 3.04. The summed E-state index contributed by atoms with van der Waals surface area (Å²) in [4.78, 5) is 13.2. The highest BCUT2D eigenvalue weighted by Gasteiger charge is 2.16. The molecule has 0 aliphatic carbocycles. The zero-order valence-corrected chi connectivity index (χ0v) is 8.10. The molecule has 0 bridgehead atoms. The van der Waals surface area contributed by atoms with E-state index in [4.69, 9.17) is 0 Å². The van der Waals surface area contributed by atoms with Crippen LogP contribution in [0.4, 0.5) is 0 Å². The molecule has 0 aliphatic heterocycles. The predicted octanol–water partition coefficient (Wildman–Crippen LogP) is -0.586. The van der Waals surface area contributed by atoms with Crippen LogP contribution >= 0.6 is 11.3 Å². The fraction of sp³-hybridized carbons (Fsp3) is 0.286.